The molecular weight excluding hydrogens is 164 g/mol. The Kier molecular flexibility index (Phi) is 4.77. The first-order chi connectivity index (χ1) is 5.97. The molecule has 0 unspecified atom stereocenters. The summed E-state index contributed by atoms with van der Waals surface area (Å²) >= 11 is 0. The van der Waals surface area contributed by atoms with Gasteiger partial charge in [0.1, 0.15) is 0 Å². The molecule has 0 saturated heterocycles. The van der Waals surface area contributed by atoms with Gasteiger partial charge in [-0.2, -0.15) is 0 Å². The first kappa shape index (κ1) is 11.6. The van der Waals surface area contributed by atoms with Gasteiger partial charge in [0.05, 0.1) is 6.54 Å². The number of amides is 1. The molecule has 0 aliphatic heterocycles. The SMILES string of the molecule is C=C(C)/C=C(/NC(=O)CN)C(=C)C. The fraction of sp³-hybridized carbons (Fsp3) is 0.300. The lowest BCUT2D eigenvalue weighted by Gasteiger charge is -2.08. The molecule has 72 valence electrons. The average Bonchev–Trinajstić information content (AvgIpc) is 2.02. The Morgan fingerprint density at radius 1 is 1.46 bits per heavy atom. The van der Waals surface area contributed by atoms with E-state index >= 15 is 0 Å². The van der Waals surface area contributed by atoms with Crippen LogP contribution in [0.4, 0.5) is 0 Å². The third-order valence-corrected chi connectivity index (χ3v) is 1.31. The number of rotatable bonds is 4. The van der Waals surface area contributed by atoms with Crippen LogP contribution in [0.15, 0.2) is 36.1 Å². The first-order valence-corrected chi connectivity index (χ1v) is 4.00. The highest BCUT2D eigenvalue weighted by molar-refractivity contribution is 5.80. The summed E-state index contributed by atoms with van der Waals surface area (Å²) in [5, 5.41) is 2.63. The van der Waals surface area contributed by atoms with Gasteiger partial charge in [-0.05, 0) is 25.5 Å². The van der Waals surface area contributed by atoms with Gasteiger partial charge in [0.15, 0.2) is 0 Å². The zero-order valence-electron chi connectivity index (χ0n) is 8.18. The van der Waals surface area contributed by atoms with Crippen LogP contribution in [0, 0.1) is 0 Å². The normalized spacial score (nSPS) is 10.8. The molecule has 0 heterocycles. The van der Waals surface area contributed by atoms with Gasteiger partial charge >= 0.3 is 0 Å². The summed E-state index contributed by atoms with van der Waals surface area (Å²) in [7, 11) is 0. The maximum Gasteiger partial charge on any atom is 0.238 e. The zero-order chi connectivity index (χ0) is 10.4. The van der Waals surface area contributed by atoms with Gasteiger partial charge in [0, 0.05) is 5.70 Å². The molecular formula is C10H16N2O. The molecule has 3 nitrogen and oxygen atoms in total. The topological polar surface area (TPSA) is 55.1 Å². The van der Waals surface area contributed by atoms with E-state index in [1.54, 1.807) is 6.08 Å². The van der Waals surface area contributed by atoms with Crippen molar-refractivity contribution < 1.29 is 4.79 Å². The van der Waals surface area contributed by atoms with Crippen LogP contribution in [-0.4, -0.2) is 12.5 Å². The summed E-state index contributed by atoms with van der Waals surface area (Å²) in [4.78, 5) is 11.0. The van der Waals surface area contributed by atoms with Crippen molar-refractivity contribution in [1.29, 1.82) is 0 Å². The molecule has 0 radical (unpaired) electrons. The van der Waals surface area contributed by atoms with Crippen molar-refractivity contribution in [3.63, 3.8) is 0 Å². The Morgan fingerprint density at radius 3 is 2.31 bits per heavy atom. The van der Waals surface area contributed by atoms with Crippen LogP contribution in [0.3, 0.4) is 0 Å². The molecule has 0 saturated carbocycles. The molecule has 0 aliphatic carbocycles. The van der Waals surface area contributed by atoms with E-state index in [4.69, 9.17) is 5.73 Å². The summed E-state index contributed by atoms with van der Waals surface area (Å²) in [6.07, 6.45) is 1.76. The second-order valence-corrected chi connectivity index (χ2v) is 2.94. The first-order valence-electron chi connectivity index (χ1n) is 4.00. The second kappa shape index (κ2) is 5.32. The minimum absolute atomic E-state index is 0.0270. The van der Waals surface area contributed by atoms with E-state index in [0.717, 1.165) is 11.1 Å². The molecule has 0 aliphatic rings. The number of carbonyl (C=O) groups is 1. The highest BCUT2D eigenvalue weighted by Crippen LogP contribution is 2.05. The molecule has 0 aromatic carbocycles. The third-order valence-electron chi connectivity index (χ3n) is 1.31. The Bertz CT molecular complexity index is 264. The highest BCUT2D eigenvalue weighted by Gasteiger charge is 2.02. The van der Waals surface area contributed by atoms with E-state index in [-0.39, 0.29) is 12.5 Å². The number of hydrogen-bond donors (Lipinski definition) is 2. The van der Waals surface area contributed by atoms with Crippen LogP contribution in [0.25, 0.3) is 0 Å². The van der Waals surface area contributed by atoms with E-state index in [0.29, 0.717) is 5.70 Å². The summed E-state index contributed by atoms with van der Waals surface area (Å²) in [5.41, 5.74) is 7.47. The van der Waals surface area contributed by atoms with Crippen molar-refractivity contribution in [2.24, 2.45) is 5.73 Å². The Balaban J connectivity index is 4.54. The molecule has 0 atom stereocenters. The molecule has 0 aromatic heterocycles. The number of nitrogens with one attached hydrogen (secondary N) is 1. The Hall–Kier alpha value is -1.35. The van der Waals surface area contributed by atoms with E-state index in [9.17, 15) is 4.79 Å². The minimum Gasteiger partial charge on any atom is -0.325 e. The lowest BCUT2D eigenvalue weighted by Crippen LogP contribution is -2.30. The number of allylic oxidation sites excluding steroid dienone is 3. The Morgan fingerprint density at radius 2 is 2.00 bits per heavy atom. The quantitative estimate of drug-likeness (QED) is 0.636. The van der Waals surface area contributed by atoms with Crippen LogP contribution in [0.2, 0.25) is 0 Å². The number of carbonyl (C=O) groups excluding carboxylic acids is 1. The zero-order valence-corrected chi connectivity index (χ0v) is 8.18. The van der Waals surface area contributed by atoms with Crippen LogP contribution in [-0.2, 0) is 4.79 Å². The van der Waals surface area contributed by atoms with E-state index in [1.807, 2.05) is 13.8 Å². The van der Waals surface area contributed by atoms with E-state index in [2.05, 4.69) is 18.5 Å². The lowest BCUT2D eigenvalue weighted by molar-refractivity contribution is -0.118. The van der Waals surface area contributed by atoms with Gasteiger partial charge in [-0.1, -0.05) is 18.7 Å². The maximum atomic E-state index is 11.0. The average molecular weight is 180 g/mol. The van der Waals surface area contributed by atoms with Crippen molar-refractivity contribution in [2.75, 3.05) is 6.54 Å². The highest BCUT2D eigenvalue weighted by atomic mass is 16.1. The maximum absolute atomic E-state index is 11.0. The van der Waals surface area contributed by atoms with Gasteiger partial charge < -0.3 is 11.1 Å². The summed E-state index contributed by atoms with van der Waals surface area (Å²) in [6, 6.07) is 0. The number of hydrogen-bond acceptors (Lipinski definition) is 2. The summed E-state index contributed by atoms with van der Waals surface area (Å²) in [6.45, 7) is 11.1. The summed E-state index contributed by atoms with van der Waals surface area (Å²) < 4.78 is 0. The van der Waals surface area contributed by atoms with Gasteiger partial charge in [-0.3, -0.25) is 4.79 Å². The van der Waals surface area contributed by atoms with Crippen LogP contribution < -0.4 is 11.1 Å². The number of nitrogens with two attached hydrogens (primary N) is 1. The van der Waals surface area contributed by atoms with Crippen molar-refractivity contribution in [1.82, 2.24) is 5.32 Å². The van der Waals surface area contributed by atoms with E-state index in [1.165, 1.54) is 0 Å². The fourth-order valence-corrected chi connectivity index (χ4v) is 0.714. The van der Waals surface area contributed by atoms with Crippen molar-refractivity contribution in [3.8, 4) is 0 Å². The predicted molar refractivity (Wildman–Crippen MR) is 54.9 cm³/mol. The third kappa shape index (κ3) is 4.98. The van der Waals surface area contributed by atoms with Gasteiger partial charge in [0.25, 0.3) is 0 Å². The van der Waals surface area contributed by atoms with Crippen molar-refractivity contribution in [2.45, 2.75) is 13.8 Å². The molecule has 0 aromatic rings. The largest absolute Gasteiger partial charge is 0.325 e. The Labute approximate surface area is 79.0 Å². The predicted octanol–water partition coefficient (Wildman–Crippen LogP) is 1.10. The fourth-order valence-electron chi connectivity index (χ4n) is 0.714. The monoisotopic (exact) mass is 180 g/mol. The second-order valence-electron chi connectivity index (χ2n) is 2.94. The van der Waals surface area contributed by atoms with Gasteiger partial charge in [-0.25, -0.2) is 0 Å². The smallest absolute Gasteiger partial charge is 0.238 e. The van der Waals surface area contributed by atoms with Gasteiger partial charge in [0.2, 0.25) is 5.91 Å². The van der Waals surface area contributed by atoms with Crippen molar-refractivity contribution in [3.05, 3.63) is 36.1 Å². The molecule has 0 spiro atoms. The molecule has 3 heteroatoms. The molecule has 0 rings (SSSR count). The van der Waals surface area contributed by atoms with E-state index < -0.39 is 0 Å². The standard InChI is InChI=1S/C10H16N2O/c1-7(2)5-9(8(3)4)12-10(13)6-11/h5H,1,3,6,11H2,2,4H3,(H,12,13)/b9-5+. The van der Waals surface area contributed by atoms with Crippen molar-refractivity contribution >= 4 is 5.91 Å². The molecule has 1 amide bonds. The van der Waals surface area contributed by atoms with Crippen LogP contribution in [0.1, 0.15) is 13.8 Å². The van der Waals surface area contributed by atoms with Crippen LogP contribution >= 0.6 is 0 Å². The van der Waals surface area contributed by atoms with Gasteiger partial charge in [-0.15, -0.1) is 0 Å². The molecule has 0 fully saturated rings. The van der Waals surface area contributed by atoms with Crippen LogP contribution in [0.5, 0.6) is 0 Å². The molecule has 13 heavy (non-hydrogen) atoms. The lowest BCUT2D eigenvalue weighted by atomic mass is 10.2. The summed E-state index contributed by atoms with van der Waals surface area (Å²) in [5.74, 6) is -0.226. The minimum atomic E-state index is -0.226. The molecule has 0 bridgehead atoms. The molecule has 3 N–H and O–H groups in total.